The average molecular weight is 238 g/mol. The molecule has 0 fully saturated rings. The van der Waals surface area contributed by atoms with Crippen LogP contribution in [-0.2, 0) is 6.42 Å². The van der Waals surface area contributed by atoms with Gasteiger partial charge in [0.2, 0.25) is 0 Å². The molecule has 1 rings (SSSR count). The lowest BCUT2D eigenvalue weighted by Gasteiger charge is -2.12. The summed E-state index contributed by atoms with van der Waals surface area (Å²) in [6.45, 7) is 6.37. The van der Waals surface area contributed by atoms with Crippen LogP contribution < -0.4 is 5.19 Å². The number of phenols is 2. The predicted molar refractivity (Wildman–Crippen MR) is 71.5 cm³/mol. The molecule has 1 aromatic carbocycles. The van der Waals surface area contributed by atoms with E-state index in [0.29, 0.717) is 0 Å². The van der Waals surface area contributed by atoms with Crippen LogP contribution in [0.1, 0.15) is 31.7 Å². The molecule has 90 valence electrons. The highest BCUT2D eigenvalue weighted by Gasteiger charge is 2.13. The number of aryl methyl sites for hydroxylation is 1. The minimum atomic E-state index is -1.16. The van der Waals surface area contributed by atoms with Crippen LogP contribution in [-0.4, -0.2) is 19.0 Å². The monoisotopic (exact) mass is 238 g/mol. The van der Waals surface area contributed by atoms with Crippen molar-refractivity contribution in [2.75, 3.05) is 0 Å². The fourth-order valence-corrected chi connectivity index (χ4v) is 3.34. The quantitative estimate of drug-likeness (QED) is 0.611. The van der Waals surface area contributed by atoms with E-state index in [2.05, 4.69) is 20.0 Å². The number of phenolic OH excluding ortho intramolecular Hbond substituents is 2. The standard InChI is InChI=1S/C13H22O2Si/c1-4-5-6-7-10-8-11(14)13(16(2)3)12(15)9-10/h8-9,14-16H,4-7H2,1-3H3. The van der Waals surface area contributed by atoms with Crippen molar-refractivity contribution in [2.45, 2.75) is 45.7 Å². The van der Waals surface area contributed by atoms with Crippen LogP contribution >= 0.6 is 0 Å². The second-order valence-electron chi connectivity index (χ2n) is 4.66. The van der Waals surface area contributed by atoms with Gasteiger partial charge >= 0.3 is 0 Å². The van der Waals surface area contributed by atoms with Crippen molar-refractivity contribution in [3.8, 4) is 11.5 Å². The Kier molecular flexibility index (Phi) is 4.87. The Morgan fingerprint density at radius 2 is 1.62 bits per heavy atom. The lowest BCUT2D eigenvalue weighted by Crippen LogP contribution is -2.23. The van der Waals surface area contributed by atoms with E-state index in [1.54, 1.807) is 0 Å². The molecule has 16 heavy (non-hydrogen) atoms. The Hall–Kier alpha value is -0.963. The number of hydrogen-bond donors (Lipinski definition) is 2. The summed E-state index contributed by atoms with van der Waals surface area (Å²) in [7, 11) is -1.16. The first kappa shape index (κ1) is 13.1. The molecule has 0 aliphatic heterocycles. The highest BCUT2D eigenvalue weighted by atomic mass is 28.3. The Morgan fingerprint density at radius 1 is 1.06 bits per heavy atom. The van der Waals surface area contributed by atoms with Crippen LogP contribution in [0, 0.1) is 0 Å². The number of aromatic hydroxyl groups is 2. The summed E-state index contributed by atoms with van der Waals surface area (Å²) < 4.78 is 0. The second-order valence-corrected chi connectivity index (χ2v) is 7.55. The summed E-state index contributed by atoms with van der Waals surface area (Å²) in [5, 5.41) is 20.5. The average Bonchev–Trinajstić information content (AvgIpc) is 2.16. The predicted octanol–water partition coefficient (Wildman–Crippen LogP) is 2.52. The topological polar surface area (TPSA) is 40.5 Å². The van der Waals surface area contributed by atoms with Gasteiger partial charge in [-0.15, -0.1) is 0 Å². The molecule has 3 heteroatoms. The second kappa shape index (κ2) is 5.94. The molecule has 0 unspecified atom stereocenters. The molecule has 2 N–H and O–H groups in total. The van der Waals surface area contributed by atoms with E-state index in [0.717, 1.165) is 23.6 Å². The first-order valence-electron chi connectivity index (χ1n) is 6.11. The molecular weight excluding hydrogens is 216 g/mol. The van der Waals surface area contributed by atoms with E-state index in [1.807, 2.05) is 12.1 Å². The van der Waals surface area contributed by atoms with Gasteiger partial charge in [-0.3, -0.25) is 0 Å². The number of benzene rings is 1. The van der Waals surface area contributed by atoms with Crippen LogP contribution in [0.25, 0.3) is 0 Å². The Labute approximate surface area is 99.6 Å². The van der Waals surface area contributed by atoms with Gasteiger partial charge in [0.1, 0.15) is 11.5 Å². The summed E-state index contributed by atoms with van der Waals surface area (Å²) in [4.78, 5) is 0. The van der Waals surface area contributed by atoms with Gasteiger partial charge in [-0.25, -0.2) is 0 Å². The molecule has 0 spiro atoms. The Morgan fingerprint density at radius 3 is 2.06 bits per heavy atom. The van der Waals surface area contributed by atoms with E-state index < -0.39 is 8.80 Å². The molecule has 0 heterocycles. The first-order valence-corrected chi connectivity index (χ1v) is 8.99. The minimum Gasteiger partial charge on any atom is -0.508 e. The summed E-state index contributed by atoms with van der Waals surface area (Å²) in [5.41, 5.74) is 1.04. The molecule has 2 nitrogen and oxygen atoms in total. The molecule has 0 saturated heterocycles. The van der Waals surface area contributed by atoms with Gasteiger partial charge in [0.05, 0.1) is 8.80 Å². The molecule has 0 saturated carbocycles. The van der Waals surface area contributed by atoms with Crippen LogP contribution in [0.15, 0.2) is 12.1 Å². The van der Waals surface area contributed by atoms with Gasteiger partial charge < -0.3 is 10.2 Å². The third-order valence-corrected chi connectivity index (χ3v) is 4.59. The maximum atomic E-state index is 9.87. The normalized spacial score (nSPS) is 11.0. The molecule has 0 aliphatic rings. The Bertz CT molecular complexity index is 325. The van der Waals surface area contributed by atoms with E-state index in [9.17, 15) is 10.2 Å². The van der Waals surface area contributed by atoms with Gasteiger partial charge in [-0.2, -0.15) is 0 Å². The molecule has 0 aromatic heterocycles. The van der Waals surface area contributed by atoms with Gasteiger partial charge in [-0.1, -0.05) is 32.9 Å². The van der Waals surface area contributed by atoms with Crippen molar-refractivity contribution >= 4 is 14.0 Å². The fraction of sp³-hybridized carbons (Fsp3) is 0.538. The zero-order valence-electron chi connectivity index (χ0n) is 10.5. The third kappa shape index (κ3) is 3.27. The van der Waals surface area contributed by atoms with E-state index in [4.69, 9.17) is 0 Å². The summed E-state index contributed by atoms with van der Waals surface area (Å²) in [6, 6.07) is 3.63. The highest BCUT2D eigenvalue weighted by Crippen LogP contribution is 2.21. The van der Waals surface area contributed by atoms with Crippen molar-refractivity contribution in [3.63, 3.8) is 0 Å². The summed E-state index contributed by atoms with van der Waals surface area (Å²) in [6.07, 6.45) is 4.44. The third-order valence-electron chi connectivity index (χ3n) is 2.84. The van der Waals surface area contributed by atoms with Crippen molar-refractivity contribution in [3.05, 3.63) is 17.7 Å². The van der Waals surface area contributed by atoms with Crippen molar-refractivity contribution in [1.82, 2.24) is 0 Å². The molecule has 0 aliphatic carbocycles. The SMILES string of the molecule is CCCCCc1cc(O)c([SiH](C)C)c(O)c1. The lowest BCUT2D eigenvalue weighted by atomic mass is 10.1. The first-order chi connectivity index (χ1) is 7.56. The van der Waals surface area contributed by atoms with E-state index >= 15 is 0 Å². The van der Waals surface area contributed by atoms with Crippen molar-refractivity contribution in [2.24, 2.45) is 0 Å². The smallest absolute Gasteiger partial charge is 0.118 e. The van der Waals surface area contributed by atoms with E-state index in [1.165, 1.54) is 12.8 Å². The van der Waals surface area contributed by atoms with Crippen LogP contribution in [0.3, 0.4) is 0 Å². The van der Waals surface area contributed by atoms with Crippen LogP contribution in [0.4, 0.5) is 0 Å². The summed E-state index contributed by atoms with van der Waals surface area (Å²) >= 11 is 0. The zero-order chi connectivity index (χ0) is 12.1. The zero-order valence-corrected chi connectivity index (χ0v) is 11.6. The highest BCUT2D eigenvalue weighted by molar-refractivity contribution is 6.72. The largest absolute Gasteiger partial charge is 0.508 e. The number of unbranched alkanes of at least 4 members (excludes halogenated alkanes) is 2. The van der Waals surface area contributed by atoms with E-state index in [-0.39, 0.29) is 11.5 Å². The van der Waals surface area contributed by atoms with Gasteiger partial charge in [0.25, 0.3) is 0 Å². The minimum absolute atomic E-state index is 0.285. The summed E-state index contributed by atoms with van der Waals surface area (Å²) in [5.74, 6) is 0.571. The fourth-order valence-electron chi connectivity index (χ4n) is 1.99. The molecular formula is C13H22O2Si. The maximum Gasteiger partial charge on any atom is 0.118 e. The van der Waals surface area contributed by atoms with Crippen molar-refractivity contribution < 1.29 is 10.2 Å². The van der Waals surface area contributed by atoms with Gasteiger partial charge in [0.15, 0.2) is 0 Å². The van der Waals surface area contributed by atoms with Crippen LogP contribution in [0.5, 0.6) is 11.5 Å². The lowest BCUT2D eigenvalue weighted by molar-refractivity contribution is 0.456. The van der Waals surface area contributed by atoms with Gasteiger partial charge in [0, 0.05) is 5.19 Å². The Balaban J connectivity index is 2.83. The molecule has 0 amide bonds. The van der Waals surface area contributed by atoms with Crippen LogP contribution in [0.2, 0.25) is 13.1 Å². The number of hydrogen-bond acceptors (Lipinski definition) is 2. The maximum absolute atomic E-state index is 9.87. The molecule has 0 radical (unpaired) electrons. The number of rotatable bonds is 5. The van der Waals surface area contributed by atoms with Crippen molar-refractivity contribution in [1.29, 1.82) is 0 Å². The molecule has 1 aromatic rings. The van der Waals surface area contributed by atoms with Gasteiger partial charge in [-0.05, 0) is 30.5 Å². The molecule has 0 atom stereocenters. The molecule has 0 bridgehead atoms.